The zero-order valence-electron chi connectivity index (χ0n) is 26.1. The van der Waals surface area contributed by atoms with Crippen molar-refractivity contribution in [2.24, 2.45) is 0 Å². The van der Waals surface area contributed by atoms with Gasteiger partial charge in [-0.1, -0.05) is 99.4 Å². The molecule has 4 aromatic carbocycles. The fourth-order valence-corrected chi connectivity index (χ4v) is 6.47. The minimum absolute atomic E-state index is 0. The van der Waals surface area contributed by atoms with E-state index in [0.29, 0.717) is 0 Å². The quantitative estimate of drug-likeness (QED) is 0.125. The molecule has 1 radical (unpaired) electrons. The fraction of sp³-hybridized carbons (Fsp3) is 0.150. The summed E-state index contributed by atoms with van der Waals surface area (Å²) in [6, 6.07) is 46.3. The minimum Gasteiger partial charge on any atom is -0.305 e. The van der Waals surface area contributed by atoms with Gasteiger partial charge in [0.15, 0.2) is 0 Å². The van der Waals surface area contributed by atoms with E-state index < -0.39 is 8.07 Å². The van der Waals surface area contributed by atoms with Crippen LogP contribution in [0.4, 0.5) is 0 Å². The van der Waals surface area contributed by atoms with E-state index in [-0.39, 0.29) is 20.1 Å². The summed E-state index contributed by atoms with van der Waals surface area (Å²) in [6.45, 7) is 11.3. The molecule has 2 aromatic heterocycles. The molecule has 0 aliphatic heterocycles. The van der Waals surface area contributed by atoms with Gasteiger partial charge in [-0.15, -0.1) is 71.3 Å². The third-order valence-corrected chi connectivity index (χ3v) is 9.49. The molecule has 223 valence electrons. The first-order chi connectivity index (χ1) is 20.8. The van der Waals surface area contributed by atoms with Crippen LogP contribution in [-0.4, -0.2) is 18.0 Å². The van der Waals surface area contributed by atoms with Crippen molar-refractivity contribution in [1.82, 2.24) is 9.97 Å². The third-order valence-electron chi connectivity index (χ3n) is 7.48. The normalized spacial score (nSPS) is 10.8. The average Bonchev–Trinajstić information content (AvgIpc) is 3.03. The van der Waals surface area contributed by atoms with Crippen LogP contribution in [0, 0.1) is 26.0 Å². The molecule has 6 rings (SSSR count). The second-order valence-electron chi connectivity index (χ2n) is 11.9. The van der Waals surface area contributed by atoms with Crippen LogP contribution in [-0.2, 0) is 26.5 Å². The summed E-state index contributed by atoms with van der Waals surface area (Å²) in [6.07, 6.45) is 4.97. The Hall–Kier alpha value is -3.95. The maximum Gasteiger partial charge on any atom is 0.0803 e. The summed E-state index contributed by atoms with van der Waals surface area (Å²) in [4.78, 5) is 9.25. The van der Waals surface area contributed by atoms with E-state index in [9.17, 15) is 0 Å². The van der Waals surface area contributed by atoms with E-state index in [1.807, 2.05) is 42.6 Å². The van der Waals surface area contributed by atoms with Gasteiger partial charge in [0, 0.05) is 32.5 Å². The molecule has 0 saturated heterocycles. The van der Waals surface area contributed by atoms with Crippen LogP contribution in [0.3, 0.4) is 0 Å². The molecule has 4 heteroatoms. The Morgan fingerprint density at radius 1 is 0.659 bits per heavy atom. The van der Waals surface area contributed by atoms with E-state index in [1.165, 1.54) is 38.6 Å². The van der Waals surface area contributed by atoms with Crippen LogP contribution in [0.5, 0.6) is 0 Å². The van der Waals surface area contributed by atoms with Gasteiger partial charge >= 0.3 is 0 Å². The topological polar surface area (TPSA) is 25.8 Å². The van der Waals surface area contributed by atoms with Gasteiger partial charge in [0.25, 0.3) is 0 Å². The van der Waals surface area contributed by atoms with Crippen LogP contribution in [0.25, 0.3) is 33.6 Å². The van der Waals surface area contributed by atoms with Gasteiger partial charge in [0.1, 0.15) is 0 Å². The molecule has 0 spiro atoms. The zero-order chi connectivity index (χ0) is 30.2. The first kappa shape index (κ1) is 32.9. The molecule has 6 aromatic rings. The third kappa shape index (κ3) is 8.57. The molecule has 0 unspecified atom stereocenters. The largest absolute Gasteiger partial charge is 0.305 e. The number of pyridine rings is 2. The first-order valence-corrected chi connectivity index (χ1v) is 18.3. The molecular formula is C40H38IrN2Si-2. The Bertz CT molecular complexity index is 1760. The van der Waals surface area contributed by atoms with Crippen LogP contribution >= 0.6 is 0 Å². The predicted molar refractivity (Wildman–Crippen MR) is 184 cm³/mol. The molecule has 2 nitrogen and oxygen atoms in total. The van der Waals surface area contributed by atoms with E-state index in [1.54, 1.807) is 0 Å². The summed E-state index contributed by atoms with van der Waals surface area (Å²) in [5.74, 6) is 0. The van der Waals surface area contributed by atoms with E-state index in [4.69, 9.17) is 4.98 Å². The maximum atomic E-state index is 4.73. The molecule has 0 aliphatic rings. The molecule has 0 atom stereocenters. The summed E-state index contributed by atoms with van der Waals surface area (Å²) < 4.78 is 0. The molecular weight excluding hydrogens is 729 g/mol. The fourth-order valence-electron chi connectivity index (χ4n) is 4.99. The van der Waals surface area contributed by atoms with Gasteiger partial charge in [-0.3, -0.25) is 0 Å². The molecule has 0 fully saturated rings. The first-order valence-electron chi connectivity index (χ1n) is 14.8. The zero-order valence-corrected chi connectivity index (χ0v) is 29.5. The smallest absolute Gasteiger partial charge is 0.0803 e. The monoisotopic (exact) mass is 767 g/mol. The Morgan fingerprint density at radius 2 is 1.30 bits per heavy atom. The molecule has 0 saturated carbocycles. The number of nitrogens with zero attached hydrogens (tertiary/aromatic N) is 2. The van der Waals surface area contributed by atoms with E-state index >= 15 is 0 Å². The minimum atomic E-state index is -1.47. The number of aryl methyl sites for hydroxylation is 2. The van der Waals surface area contributed by atoms with Crippen molar-refractivity contribution in [2.75, 3.05) is 0 Å². The van der Waals surface area contributed by atoms with Gasteiger partial charge in [-0.2, -0.15) is 0 Å². The predicted octanol–water partition coefficient (Wildman–Crippen LogP) is 9.51. The Kier molecular flexibility index (Phi) is 11.4. The molecule has 2 heterocycles. The maximum absolute atomic E-state index is 4.73. The summed E-state index contributed by atoms with van der Waals surface area (Å²) >= 11 is 0. The molecule has 0 amide bonds. The van der Waals surface area contributed by atoms with Gasteiger partial charge in [0.05, 0.1) is 8.07 Å². The number of rotatable bonds is 6. The Balaban J connectivity index is 0.000000198. The molecule has 44 heavy (non-hydrogen) atoms. The van der Waals surface area contributed by atoms with Crippen molar-refractivity contribution in [3.8, 4) is 33.6 Å². The molecule has 0 N–H and O–H groups in total. The van der Waals surface area contributed by atoms with E-state index in [0.717, 1.165) is 28.9 Å². The number of hydrogen-bond acceptors (Lipinski definition) is 2. The Morgan fingerprint density at radius 3 is 1.93 bits per heavy atom. The molecule has 0 bridgehead atoms. The van der Waals surface area contributed by atoms with Crippen molar-refractivity contribution < 1.29 is 20.1 Å². The van der Waals surface area contributed by atoms with Crippen LogP contribution < -0.4 is 5.19 Å². The summed E-state index contributed by atoms with van der Waals surface area (Å²) in [5, 5.41) is 1.40. The number of hydrogen-bond donors (Lipinski definition) is 0. The van der Waals surface area contributed by atoms with Crippen LogP contribution in [0.1, 0.15) is 22.3 Å². The molecule has 0 aliphatic carbocycles. The van der Waals surface area contributed by atoms with Crippen molar-refractivity contribution in [2.45, 2.75) is 39.9 Å². The van der Waals surface area contributed by atoms with Crippen molar-refractivity contribution in [1.29, 1.82) is 0 Å². The Labute approximate surface area is 277 Å². The van der Waals surface area contributed by atoms with Crippen molar-refractivity contribution >= 4 is 13.3 Å². The van der Waals surface area contributed by atoms with Gasteiger partial charge in [0.2, 0.25) is 0 Å². The van der Waals surface area contributed by atoms with Gasteiger partial charge < -0.3 is 9.97 Å². The summed E-state index contributed by atoms with van der Waals surface area (Å²) in [5.41, 5.74) is 11.7. The summed E-state index contributed by atoms with van der Waals surface area (Å²) in [7, 11) is -1.47. The van der Waals surface area contributed by atoms with Crippen LogP contribution in [0.15, 0.2) is 128 Å². The second kappa shape index (κ2) is 15.2. The number of benzene rings is 4. The van der Waals surface area contributed by atoms with Gasteiger partial charge in [-0.05, 0) is 57.7 Å². The average molecular weight is 767 g/mol. The van der Waals surface area contributed by atoms with Gasteiger partial charge in [-0.25, -0.2) is 0 Å². The van der Waals surface area contributed by atoms with Crippen LogP contribution in [0.2, 0.25) is 19.6 Å². The van der Waals surface area contributed by atoms with Crippen molar-refractivity contribution in [3.63, 3.8) is 0 Å². The number of aromatic nitrogens is 2. The van der Waals surface area contributed by atoms with E-state index in [2.05, 4.69) is 136 Å². The van der Waals surface area contributed by atoms with Crippen molar-refractivity contribution in [3.05, 3.63) is 162 Å². The standard InChI is InChI=1S/C21H22NSi.C19H16N.Ir/c1-16-10-12-18(13-11-16)20-14-19(17-8-6-5-7-9-17)21(15-22-20)23(2,3)4;1-15-14-20-19(17-10-6-3-7-11-17)13-18(15)12-16-8-4-2-5-9-16;/h5-12,14-15H,1-4H3;2-10,13-14H,12H2,1H3;/q2*-1;. The SMILES string of the molecule is Cc1c[c-]c(-c2cc(-c3ccccc3)c([Si](C)(C)C)cn2)cc1.Cc1cnc(-c2[c-]cccc2)cc1Cc1ccccc1.[Ir]. The second-order valence-corrected chi connectivity index (χ2v) is 17.0.